The Bertz CT molecular complexity index is 6350. The Morgan fingerprint density at radius 3 is 1.52 bits per heavy atom. The lowest BCUT2D eigenvalue weighted by Crippen LogP contribution is -1.84. The van der Waals surface area contributed by atoms with Gasteiger partial charge in [-0.05, 0) is 22.6 Å². The number of aromatic nitrogens is 41. The molecular weight excluding hydrogens is 1660 g/mol. The third-order valence-electron chi connectivity index (χ3n) is 15.0. The highest BCUT2D eigenvalue weighted by Gasteiger charge is 2.11. The summed E-state index contributed by atoms with van der Waals surface area (Å²) >= 11 is 0. The van der Waals surface area contributed by atoms with E-state index in [1.165, 1.54) is 44.1 Å². The van der Waals surface area contributed by atoms with E-state index >= 15 is 0 Å². The lowest BCUT2D eigenvalue weighted by atomic mass is 10.5. The van der Waals surface area contributed by atoms with Crippen LogP contribution in [0.25, 0.3) is 146 Å². The van der Waals surface area contributed by atoms with Crippen LogP contribution < -0.4 is 0 Å². The van der Waals surface area contributed by atoms with Crippen molar-refractivity contribution < 1.29 is 61.8 Å². The number of nitrogens with one attached hydrogen (secondary N) is 3. The highest BCUT2D eigenvalue weighted by Crippen LogP contribution is 2.19. The quantitative estimate of drug-likeness (QED) is 0.137. The van der Waals surface area contributed by atoms with Crippen molar-refractivity contribution in [3.63, 3.8) is 0 Å². The molecule has 0 amide bonds. The summed E-state index contributed by atoms with van der Waals surface area (Å²) in [5, 5.41) is 63.0. The van der Waals surface area contributed by atoms with Gasteiger partial charge in [0.1, 0.15) is 52.9 Å². The number of hydrogen-bond acceptors (Lipinski definition) is 52. The molecule has 0 radical (unpaired) electrons. The first-order valence-corrected chi connectivity index (χ1v) is 36.7. The maximum Gasteiger partial charge on any atom is 0.288 e. The van der Waals surface area contributed by atoms with E-state index in [1.54, 1.807) is 144 Å². The van der Waals surface area contributed by atoms with Crippen LogP contribution in [0.3, 0.4) is 0 Å². The van der Waals surface area contributed by atoms with Gasteiger partial charge >= 0.3 is 0 Å². The molecule has 26 aromatic rings. The summed E-state index contributed by atoms with van der Waals surface area (Å²) in [5.74, 6) is 8.09. The van der Waals surface area contributed by atoms with Gasteiger partial charge in [-0.15, -0.1) is 40.8 Å². The molecule has 26 rings (SSSR count). The van der Waals surface area contributed by atoms with Gasteiger partial charge in [-0.1, -0.05) is 12.0 Å². The minimum Gasteiger partial charge on any atom is -0.439 e. The predicted molar refractivity (Wildman–Crippen MR) is 429 cm³/mol. The van der Waals surface area contributed by atoms with E-state index in [1.807, 2.05) is 19.9 Å². The molecule has 0 aliphatic heterocycles. The molecule has 640 valence electrons. The molecule has 0 saturated carbocycles. The number of aryl methyl sites for hydroxylation is 13. The number of fused-ring (bicyclic) bond motifs is 13. The van der Waals surface area contributed by atoms with Gasteiger partial charge < -0.3 is 66.8 Å². The van der Waals surface area contributed by atoms with Crippen molar-refractivity contribution in [1.29, 1.82) is 0 Å². The van der Waals surface area contributed by atoms with Gasteiger partial charge in [0.25, 0.3) is 40.0 Å². The summed E-state index contributed by atoms with van der Waals surface area (Å²) in [5.41, 5.74) is 15.7. The average Bonchev–Trinajstić information content (AvgIpc) is 1.69. The third kappa shape index (κ3) is 23.3. The van der Waals surface area contributed by atoms with Crippen LogP contribution in [-0.4, -0.2) is 207 Å². The van der Waals surface area contributed by atoms with Crippen LogP contribution in [0.1, 0.15) is 83.5 Å². The second kappa shape index (κ2) is 40.5. The molecule has 0 bridgehead atoms. The van der Waals surface area contributed by atoms with Gasteiger partial charge in [0.05, 0.1) is 55.8 Å². The fourth-order valence-corrected chi connectivity index (χ4v) is 10.0. The van der Waals surface area contributed by atoms with Crippen LogP contribution in [0, 0.1) is 83.1 Å². The van der Waals surface area contributed by atoms with Crippen molar-refractivity contribution in [2.75, 3.05) is 0 Å². The first-order chi connectivity index (χ1) is 61.7. The minimum atomic E-state index is 0.389. The number of aromatic amines is 3. The molecule has 0 unspecified atom stereocenters. The zero-order chi connectivity index (χ0) is 88.5. The van der Waals surface area contributed by atoms with Crippen molar-refractivity contribution in [2.24, 2.45) is 0 Å². The Morgan fingerprint density at radius 2 is 0.803 bits per heavy atom. The zero-order valence-electron chi connectivity index (χ0n) is 68.4. The van der Waals surface area contributed by atoms with Crippen molar-refractivity contribution >= 4 is 146 Å². The summed E-state index contributed by atoms with van der Waals surface area (Å²) in [6.07, 6.45) is 26.8. The first kappa shape index (κ1) is 84.9. The van der Waals surface area contributed by atoms with Gasteiger partial charge in [0.2, 0.25) is 45.4 Å². The van der Waals surface area contributed by atoms with Gasteiger partial charge in [0, 0.05) is 108 Å². The molecule has 0 atom stereocenters. The zero-order valence-corrected chi connectivity index (χ0v) is 68.4. The van der Waals surface area contributed by atoms with Crippen LogP contribution in [0.15, 0.2) is 180 Å². The van der Waals surface area contributed by atoms with E-state index in [0.717, 1.165) is 39.7 Å². The fourth-order valence-electron chi connectivity index (χ4n) is 10.0. The SMILES string of the molecule is CCc1nc2cncnc2o1.Cc1nc2[nH]ncc2o1.Cc1nc2cc[nH]c2o1.Cc1nc2ccnnc2o1.Cc1nc2cn[nH]c2o1.Cc1nc2cnncc2o1.Cc1nc2cnnnc2o1.Cc1nc2nccnc2o1.Cc1nc2ncncc2o1.Cc1nc2ncnnc2o1.Cc1nc2nncnc2o1.Cc1nc2nnncc2o1.Cc1nc2ocnc2o1. The Kier molecular flexibility index (Phi) is 27.1. The molecule has 0 fully saturated rings. The molecule has 3 N–H and O–H groups in total. The minimum absolute atomic E-state index is 0.389. The molecule has 26 heterocycles. The Labute approximate surface area is 703 Å². The molecule has 0 saturated heterocycles. The number of rotatable bonds is 1. The van der Waals surface area contributed by atoms with Gasteiger partial charge in [0.15, 0.2) is 116 Å². The van der Waals surface area contributed by atoms with Gasteiger partial charge in [-0.3, -0.25) is 5.10 Å². The number of H-pyrrole nitrogens is 3. The molecule has 0 aromatic carbocycles. The van der Waals surface area contributed by atoms with Gasteiger partial charge in [-0.25, -0.2) is 64.9 Å². The topological polar surface area (TPSA) is 721 Å². The average molecular weight is 1730 g/mol. The maximum atomic E-state index is 5.25. The van der Waals surface area contributed by atoms with Crippen LogP contribution >= 0.6 is 0 Å². The Hall–Kier alpha value is -18.5. The van der Waals surface area contributed by atoms with Crippen molar-refractivity contribution in [3.8, 4) is 0 Å². The van der Waals surface area contributed by atoms with E-state index in [-0.39, 0.29) is 0 Å². The summed E-state index contributed by atoms with van der Waals surface area (Å²) in [6, 6.07) is 3.64. The number of nitrogens with zero attached hydrogens (tertiary/aromatic N) is 38. The number of hydrogen-bond donors (Lipinski definition) is 3. The third-order valence-corrected chi connectivity index (χ3v) is 15.0. The van der Waals surface area contributed by atoms with Crippen molar-refractivity contribution in [2.45, 2.75) is 96.4 Å². The predicted octanol–water partition coefficient (Wildman–Crippen LogP) is 10.5. The first-order valence-electron chi connectivity index (χ1n) is 36.7. The highest BCUT2D eigenvalue weighted by atomic mass is 16.4. The molecule has 26 aromatic heterocycles. The molecule has 0 spiro atoms. The fraction of sp³-hybridized carbons (Fsp3) is 0.194. The standard InChI is InChI=1S/C7H7N3O.4C6H5N3O.C6H6N2O.4C5H4N4O.2C5H5N3O.C5H4N2O2/c1-2-6-10-5-3-8-4-9-7(5)11-6;1-4-9-6-5(10-4)2-7-3-8-6;1-4-9-5-2-7-8-3-6(5)10-4;1-4-9-5-6(10-4)8-3-2-7-5;1-4-8-5-2-3-7-9-6(5)10-4;1-4-8-5-2-3-7-6(5)9-4;1-3-8-4-5(10-3)6-2-7-9-4;1-3-8-4-5(10-3)9-7-2-6-4;1-3-7-5-4(10-3)2-6-9-8-5;1-3-7-4-2-6-9-8-5(4)10-3;1-3-7-5-4(9-3)2-6-8-5;1-3-7-4-2-6-8-5(4)9-3;1-3-7-5-4(9-3)6-2-8-5/h3-4H,2H2,1H3;4*2-3H,1H3;2-3,7H,1H3;4*2H,1H3;2*2H,1H3,(H,6,8);2H,1H3. The van der Waals surface area contributed by atoms with Crippen LogP contribution in [-0.2, 0) is 6.42 Å². The summed E-state index contributed by atoms with van der Waals surface area (Å²) in [6.45, 7) is 23.3. The summed E-state index contributed by atoms with van der Waals surface area (Å²) < 4.78 is 71.0. The number of oxazole rings is 14. The largest absolute Gasteiger partial charge is 0.439 e. The molecule has 127 heavy (non-hydrogen) atoms. The molecule has 55 nitrogen and oxygen atoms in total. The monoisotopic (exact) mass is 1730 g/mol. The van der Waals surface area contributed by atoms with Crippen molar-refractivity contribution in [3.05, 3.63) is 195 Å². The van der Waals surface area contributed by atoms with E-state index < -0.39 is 0 Å². The van der Waals surface area contributed by atoms with Crippen LogP contribution in [0.5, 0.6) is 0 Å². The Balaban J connectivity index is 0.000000111. The van der Waals surface area contributed by atoms with Crippen LogP contribution in [0.4, 0.5) is 0 Å². The van der Waals surface area contributed by atoms with E-state index in [2.05, 4.69) is 207 Å². The van der Waals surface area contributed by atoms with Crippen molar-refractivity contribution in [1.82, 2.24) is 207 Å². The van der Waals surface area contributed by atoms with E-state index in [4.69, 9.17) is 61.8 Å². The molecule has 0 aliphatic carbocycles. The van der Waals surface area contributed by atoms with Gasteiger partial charge in [-0.2, -0.15) is 75.3 Å². The Morgan fingerprint density at radius 1 is 0.276 bits per heavy atom. The molecule has 0 aliphatic rings. The maximum absolute atomic E-state index is 5.25. The molecule has 55 heteroatoms. The lowest BCUT2D eigenvalue weighted by Gasteiger charge is -1.79. The second-order valence-electron chi connectivity index (χ2n) is 24.6. The smallest absolute Gasteiger partial charge is 0.288 e. The lowest BCUT2D eigenvalue weighted by molar-refractivity contribution is 0.529. The van der Waals surface area contributed by atoms with Crippen LogP contribution in [0.2, 0.25) is 0 Å². The van der Waals surface area contributed by atoms with E-state index in [9.17, 15) is 0 Å². The second-order valence-corrected chi connectivity index (χ2v) is 24.6. The normalized spacial score (nSPS) is 10.6. The van der Waals surface area contributed by atoms with E-state index in [0.29, 0.717) is 190 Å². The highest BCUT2D eigenvalue weighted by molar-refractivity contribution is 5.72. The summed E-state index contributed by atoms with van der Waals surface area (Å²) in [4.78, 5) is 89.4. The molecular formula is C72H63N41O14. The summed E-state index contributed by atoms with van der Waals surface area (Å²) in [7, 11) is 0.